The van der Waals surface area contributed by atoms with Crippen LogP contribution in [0.15, 0.2) is 12.1 Å². The lowest BCUT2D eigenvalue weighted by atomic mass is 9.91. The fourth-order valence-electron chi connectivity index (χ4n) is 2.11. The summed E-state index contributed by atoms with van der Waals surface area (Å²) >= 11 is 0. The molecule has 4 N–H and O–H groups in total. The van der Waals surface area contributed by atoms with Crippen LogP contribution in [0.2, 0.25) is 0 Å². The van der Waals surface area contributed by atoms with Gasteiger partial charge in [-0.25, -0.2) is 0 Å². The van der Waals surface area contributed by atoms with E-state index in [1.165, 1.54) is 16.7 Å². The smallest absolute Gasteiger partial charge is 0.320 e. The summed E-state index contributed by atoms with van der Waals surface area (Å²) in [6, 6.07) is 3.24. The van der Waals surface area contributed by atoms with Crippen LogP contribution in [0.1, 0.15) is 34.7 Å². The summed E-state index contributed by atoms with van der Waals surface area (Å²) in [5.74, 6) is -0.961. The van der Waals surface area contributed by atoms with Crippen LogP contribution in [0.25, 0.3) is 0 Å². The first kappa shape index (κ1) is 14.7. The van der Waals surface area contributed by atoms with Gasteiger partial charge in [-0.3, -0.25) is 4.79 Å². The van der Waals surface area contributed by atoms with Gasteiger partial charge < -0.3 is 16.2 Å². The van der Waals surface area contributed by atoms with Crippen molar-refractivity contribution in [3.05, 3.63) is 34.4 Å². The monoisotopic (exact) mass is 250 g/mol. The van der Waals surface area contributed by atoms with Crippen molar-refractivity contribution in [1.82, 2.24) is 5.32 Å². The number of nitrogens with two attached hydrogens (primary N) is 1. The Morgan fingerprint density at radius 1 is 1.33 bits per heavy atom. The van der Waals surface area contributed by atoms with Gasteiger partial charge in [0, 0.05) is 6.04 Å². The van der Waals surface area contributed by atoms with E-state index < -0.39 is 12.0 Å². The molecule has 1 aromatic rings. The number of hydrogen-bond donors (Lipinski definition) is 3. The summed E-state index contributed by atoms with van der Waals surface area (Å²) in [7, 11) is 1.83. The van der Waals surface area contributed by atoms with Crippen LogP contribution in [-0.2, 0) is 4.79 Å². The number of carboxylic acid groups (broad SMARTS) is 1. The Labute approximate surface area is 108 Å². The molecule has 4 nitrogen and oxygen atoms in total. The molecule has 0 aliphatic carbocycles. The first-order chi connectivity index (χ1) is 8.38. The van der Waals surface area contributed by atoms with E-state index in [0.717, 1.165) is 5.56 Å². The Balaban J connectivity index is 3.03. The molecule has 2 unspecified atom stereocenters. The predicted molar refractivity (Wildman–Crippen MR) is 72.7 cm³/mol. The van der Waals surface area contributed by atoms with Crippen molar-refractivity contribution in [2.24, 2.45) is 5.73 Å². The zero-order valence-corrected chi connectivity index (χ0v) is 11.4. The molecule has 0 heterocycles. The average molecular weight is 250 g/mol. The van der Waals surface area contributed by atoms with E-state index in [4.69, 9.17) is 10.8 Å². The van der Waals surface area contributed by atoms with Gasteiger partial charge >= 0.3 is 5.97 Å². The Hall–Kier alpha value is -1.39. The Bertz CT molecular complexity index is 444. The third kappa shape index (κ3) is 3.09. The zero-order valence-electron chi connectivity index (χ0n) is 11.4. The number of carbonyl (C=O) groups is 1. The topological polar surface area (TPSA) is 75.3 Å². The molecule has 2 atom stereocenters. The Morgan fingerprint density at radius 3 is 2.44 bits per heavy atom. The van der Waals surface area contributed by atoms with Crippen LogP contribution >= 0.6 is 0 Å². The van der Waals surface area contributed by atoms with Crippen molar-refractivity contribution in [3.63, 3.8) is 0 Å². The van der Waals surface area contributed by atoms with E-state index >= 15 is 0 Å². The van der Waals surface area contributed by atoms with Crippen molar-refractivity contribution in [2.45, 2.75) is 39.3 Å². The van der Waals surface area contributed by atoms with Gasteiger partial charge in [-0.15, -0.1) is 0 Å². The average Bonchev–Trinajstić information content (AvgIpc) is 2.33. The highest BCUT2D eigenvalue weighted by Gasteiger charge is 2.20. The van der Waals surface area contributed by atoms with E-state index in [2.05, 4.69) is 32.2 Å². The maximum absolute atomic E-state index is 10.8. The van der Waals surface area contributed by atoms with Crippen molar-refractivity contribution < 1.29 is 9.90 Å². The largest absolute Gasteiger partial charge is 0.480 e. The summed E-state index contributed by atoms with van der Waals surface area (Å²) in [5.41, 5.74) is 10.4. The highest BCUT2D eigenvalue weighted by Crippen LogP contribution is 2.25. The molecule has 18 heavy (non-hydrogen) atoms. The second-order valence-electron chi connectivity index (χ2n) is 4.74. The molecule has 0 fully saturated rings. The summed E-state index contributed by atoms with van der Waals surface area (Å²) in [4.78, 5) is 10.8. The summed E-state index contributed by atoms with van der Waals surface area (Å²) in [6.45, 7) is 6.22. The Morgan fingerprint density at radius 2 is 1.94 bits per heavy atom. The molecule has 4 heteroatoms. The van der Waals surface area contributed by atoms with Gasteiger partial charge in [-0.05, 0) is 56.5 Å². The molecule has 0 aromatic heterocycles. The van der Waals surface area contributed by atoms with Crippen LogP contribution in [-0.4, -0.2) is 24.2 Å². The molecular weight excluding hydrogens is 228 g/mol. The molecule has 1 rings (SSSR count). The summed E-state index contributed by atoms with van der Waals surface area (Å²) < 4.78 is 0. The molecule has 0 bridgehead atoms. The fraction of sp³-hybridized carbons (Fsp3) is 0.500. The molecule has 0 aliphatic heterocycles. The lowest BCUT2D eigenvalue weighted by molar-refractivity contribution is -0.138. The molecule has 0 amide bonds. The molecule has 0 saturated heterocycles. The normalized spacial score (nSPS) is 14.3. The number of carboxylic acids is 1. The van der Waals surface area contributed by atoms with E-state index in [-0.39, 0.29) is 6.04 Å². The summed E-state index contributed by atoms with van der Waals surface area (Å²) in [6.07, 6.45) is 0.384. The van der Waals surface area contributed by atoms with Crippen LogP contribution in [0, 0.1) is 20.8 Å². The van der Waals surface area contributed by atoms with Gasteiger partial charge in [0.1, 0.15) is 6.04 Å². The van der Waals surface area contributed by atoms with Crippen molar-refractivity contribution in [3.8, 4) is 0 Å². The van der Waals surface area contributed by atoms with Gasteiger partial charge in [-0.1, -0.05) is 12.1 Å². The Kier molecular flexibility index (Phi) is 4.87. The fourth-order valence-corrected chi connectivity index (χ4v) is 2.11. The first-order valence-corrected chi connectivity index (χ1v) is 6.10. The number of aryl methyl sites for hydroxylation is 1. The molecule has 100 valence electrons. The van der Waals surface area contributed by atoms with Gasteiger partial charge in [0.25, 0.3) is 0 Å². The number of nitrogens with one attached hydrogen (secondary N) is 1. The minimum atomic E-state index is -0.961. The molecule has 0 saturated carbocycles. The molecule has 0 aliphatic rings. The second-order valence-corrected chi connectivity index (χ2v) is 4.74. The predicted octanol–water partition coefficient (Wildman–Crippen LogP) is 1.67. The molecular formula is C14H22N2O2. The van der Waals surface area contributed by atoms with Crippen LogP contribution in [0.5, 0.6) is 0 Å². The first-order valence-electron chi connectivity index (χ1n) is 6.10. The number of aliphatic carboxylic acids is 1. The van der Waals surface area contributed by atoms with E-state index in [9.17, 15) is 4.79 Å². The molecule has 0 radical (unpaired) electrons. The van der Waals surface area contributed by atoms with E-state index in [1.54, 1.807) is 0 Å². The minimum Gasteiger partial charge on any atom is -0.480 e. The molecule has 1 aromatic carbocycles. The van der Waals surface area contributed by atoms with Gasteiger partial charge in [0.05, 0.1) is 0 Å². The summed E-state index contributed by atoms with van der Waals surface area (Å²) in [5, 5.41) is 12.0. The van der Waals surface area contributed by atoms with Crippen molar-refractivity contribution in [1.29, 1.82) is 0 Å². The maximum Gasteiger partial charge on any atom is 0.320 e. The van der Waals surface area contributed by atoms with E-state index in [1.807, 2.05) is 13.1 Å². The van der Waals surface area contributed by atoms with Gasteiger partial charge in [-0.2, -0.15) is 0 Å². The standard InChI is InChI=1S/C14H22N2O2/c1-8-5-6-11(10(3)9(8)2)13(16-4)7-12(15)14(17)18/h5-6,12-13,16H,7,15H2,1-4H3,(H,17,18). The van der Waals surface area contributed by atoms with E-state index in [0.29, 0.717) is 6.42 Å². The second kappa shape index (κ2) is 5.98. The van der Waals surface area contributed by atoms with Gasteiger partial charge in [0.15, 0.2) is 0 Å². The third-order valence-corrected chi connectivity index (χ3v) is 3.63. The van der Waals surface area contributed by atoms with Crippen LogP contribution < -0.4 is 11.1 Å². The highest BCUT2D eigenvalue weighted by molar-refractivity contribution is 5.73. The number of benzene rings is 1. The quantitative estimate of drug-likeness (QED) is 0.743. The lowest BCUT2D eigenvalue weighted by Crippen LogP contribution is -2.35. The SMILES string of the molecule is CNC(CC(N)C(=O)O)c1ccc(C)c(C)c1C. The van der Waals surface area contributed by atoms with Crippen LogP contribution in [0.4, 0.5) is 0 Å². The number of rotatable bonds is 5. The van der Waals surface area contributed by atoms with Crippen molar-refractivity contribution in [2.75, 3.05) is 7.05 Å². The zero-order chi connectivity index (χ0) is 13.9. The van der Waals surface area contributed by atoms with Crippen molar-refractivity contribution >= 4 is 5.97 Å². The highest BCUT2D eigenvalue weighted by atomic mass is 16.4. The third-order valence-electron chi connectivity index (χ3n) is 3.63. The van der Waals surface area contributed by atoms with Gasteiger partial charge in [0.2, 0.25) is 0 Å². The number of hydrogen-bond acceptors (Lipinski definition) is 3. The van der Waals surface area contributed by atoms with Crippen LogP contribution in [0.3, 0.4) is 0 Å². The maximum atomic E-state index is 10.8. The molecule has 0 spiro atoms. The lowest BCUT2D eigenvalue weighted by Gasteiger charge is -2.22. The minimum absolute atomic E-state index is 0.0320.